The predicted molar refractivity (Wildman–Crippen MR) is 60.5 cm³/mol. The first-order valence-electron chi connectivity index (χ1n) is 4.48. The fourth-order valence-corrected chi connectivity index (χ4v) is 2.10. The largest absolute Gasteiger partial charge is 0.302 e. The Morgan fingerprint density at radius 1 is 1.62 bits per heavy atom. The Labute approximate surface area is 89.3 Å². The van der Waals surface area contributed by atoms with Crippen LogP contribution in [-0.2, 0) is 6.54 Å². The summed E-state index contributed by atoms with van der Waals surface area (Å²) < 4.78 is 0. The predicted octanol–water partition coefficient (Wildman–Crippen LogP) is 3.05. The van der Waals surface area contributed by atoms with E-state index in [1.165, 1.54) is 5.56 Å². The monoisotopic (exact) mass is 217 g/mol. The van der Waals surface area contributed by atoms with E-state index in [4.69, 9.17) is 11.6 Å². The molecular formula is C10H16ClNS. The van der Waals surface area contributed by atoms with E-state index in [9.17, 15) is 0 Å². The minimum Gasteiger partial charge on any atom is -0.302 e. The molecule has 74 valence electrons. The van der Waals surface area contributed by atoms with Gasteiger partial charge < -0.3 is 4.90 Å². The standard InChI is InChI=1S/C10H16ClNS/c1-9(5-11)6-12(2)7-10-3-4-13-8-10/h3-4,8-9H,5-7H2,1-2H3. The van der Waals surface area contributed by atoms with Gasteiger partial charge in [0, 0.05) is 19.0 Å². The molecule has 0 radical (unpaired) electrons. The van der Waals surface area contributed by atoms with Gasteiger partial charge in [-0.15, -0.1) is 11.6 Å². The summed E-state index contributed by atoms with van der Waals surface area (Å²) in [4.78, 5) is 2.31. The van der Waals surface area contributed by atoms with Gasteiger partial charge in [-0.2, -0.15) is 11.3 Å². The van der Waals surface area contributed by atoms with Crippen molar-refractivity contribution in [3.63, 3.8) is 0 Å². The molecule has 13 heavy (non-hydrogen) atoms. The molecule has 3 heteroatoms. The van der Waals surface area contributed by atoms with Crippen molar-refractivity contribution in [2.45, 2.75) is 13.5 Å². The van der Waals surface area contributed by atoms with E-state index in [1.807, 2.05) is 0 Å². The third-order valence-electron chi connectivity index (χ3n) is 1.92. The van der Waals surface area contributed by atoms with E-state index in [1.54, 1.807) is 11.3 Å². The molecule has 1 aromatic rings. The zero-order valence-corrected chi connectivity index (χ0v) is 9.74. The molecule has 0 aliphatic rings. The third kappa shape index (κ3) is 4.12. The Balaban J connectivity index is 2.29. The van der Waals surface area contributed by atoms with E-state index in [0.29, 0.717) is 5.92 Å². The van der Waals surface area contributed by atoms with Gasteiger partial charge in [0.05, 0.1) is 0 Å². The fourth-order valence-electron chi connectivity index (χ4n) is 1.34. The van der Waals surface area contributed by atoms with E-state index < -0.39 is 0 Å². The molecule has 0 saturated heterocycles. The molecule has 0 bridgehead atoms. The van der Waals surface area contributed by atoms with Crippen LogP contribution in [0.25, 0.3) is 0 Å². The molecule has 1 unspecified atom stereocenters. The van der Waals surface area contributed by atoms with Gasteiger partial charge in [0.2, 0.25) is 0 Å². The minimum absolute atomic E-state index is 0.574. The van der Waals surface area contributed by atoms with Crippen LogP contribution >= 0.6 is 22.9 Å². The van der Waals surface area contributed by atoms with Crippen LogP contribution in [0.4, 0.5) is 0 Å². The number of nitrogens with zero attached hydrogens (tertiary/aromatic N) is 1. The number of rotatable bonds is 5. The SMILES string of the molecule is CC(CCl)CN(C)Cc1ccsc1. The van der Waals surface area contributed by atoms with Crippen LogP contribution in [0.15, 0.2) is 16.8 Å². The van der Waals surface area contributed by atoms with Crippen LogP contribution in [-0.4, -0.2) is 24.4 Å². The molecule has 1 rings (SSSR count). The molecule has 0 saturated carbocycles. The summed E-state index contributed by atoms with van der Waals surface area (Å²) in [5, 5.41) is 4.32. The molecule has 0 aliphatic heterocycles. The average molecular weight is 218 g/mol. The van der Waals surface area contributed by atoms with Crippen LogP contribution in [0.3, 0.4) is 0 Å². The summed E-state index contributed by atoms with van der Waals surface area (Å²) in [5.41, 5.74) is 1.40. The summed E-state index contributed by atoms with van der Waals surface area (Å²) in [6.45, 7) is 4.28. The molecule has 1 nitrogen and oxygen atoms in total. The summed E-state index contributed by atoms with van der Waals surface area (Å²) in [6.07, 6.45) is 0. The van der Waals surface area contributed by atoms with Crippen molar-refractivity contribution in [1.82, 2.24) is 4.90 Å². The number of hydrogen-bond acceptors (Lipinski definition) is 2. The highest BCUT2D eigenvalue weighted by Crippen LogP contribution is 2.09. The van der Waals surface area contributed by atoms with Crippen molar-refractivity contribution in [1.29, 1.82) is 0 Å². The summed E-state index contributed by atoms with van der Waals surface area (Å²) in [5.74, 6) is 1.32. The molecule has 1 aromatic heterocycles. The molecule has 0 N–H and O–H groups in total. The smallest absolute Gasteiger partial charge is 0.0261 e. The second kappa shape index (κ2) is 5.63. The van der Waals surface area contributed by atoms with Gasteiger partial charge in [0.15, 0.2) is 0 Å². The maximum Gasteiger partial charge on any atom is 0.0261 e. The van der Waals surface area contributed by atoms with Crippen LogP contribution in [0, 0.1) is 5.92 Å². The third-order valence-corrected chi connectivity index (χ3v) is 3.18. The lowest BCUT2D eigenvalue weighted by Gasteiger charge is -2.19. The van der Waals surface area contributed by atoms with E-state index >= 15 is 0 Å². The van der Waals surface area contributed by atoms with Crippen LogP contribution in [0.2, 0.25) is 0 Å². The zero-order chi connectivity index (χ0) is 9.68. The van der Waals surface area contributed by atoms with Crippen molar-refractivity contribution < 1.29 is 0 Å². The second-order valence-electron chi connectivity index (χ2n) is 3.59. The highest BCUT2D eigenvalue weighted by molar-refractivity contribution is 7.07. The maximum atomic E-state index is 5.75. The molecule has 0 aliphatic carbocycles. The van der Waals surface area contributed by atoms with Crippen LogP contribution in [0.1, 0.15) is 12.5 Å². The van der Waals surface area contributed by atoms with Gasteiger partial charge >= 0.3 is 0 Å². The lowest BCUT2D eigenvalue weighted by atomic mass is 10.2. The van der Waals surface area contributed by atoms with Gasteiger partial charge in [-0.05, 0) is 35.4 Å². The lowest BCUT2D eigenvalue weighted by molar-refractivity contribution is 0.290. The first-order chi connectivity index (χ1) is 6.22. The summed E-state index contributed by atoms with van der Waals surface area (Å²) in [6, 6.07) is 2.17. The van der Waals surface area contributed by atoms with E-state index in [2.05, 4.69) is 35.7 Å². The quantitative estimate of drug-likeness (QED) is 0.686. The number of halogens is 1. The molecule has 1 atom stereocenters. The van der Waals surface area contributed by atoms with Gasteiger partial charge in [-0.1, -0.05) is 6.92 Å². The summed E-state index contributed by atoms with van der Waals surface area (Å²) >= 11 is 7.51. The summed E-state index contributed by atoms with van der Waals surface area (Å²) in [7, 11) is 2.14. The number of thiophene rings is 1. The zero-order valence-electron chi connectivity index (χ0n) is 8.16. The Bertz CT molecular complexity index is 223. The van der Waals surface area contributed by atoms with Crippen molar-refractivity contribution in [3.8, 4) is 0 Å². The van der Waals surface area contributed by atoms with Crippen LogP contribution in [0.5, 0.6) is 0 Å². The topological polar surface area (TPSA) is 3.24 Å². The maximum absolute atomic E-state index is 5.75. The molecule has 0 spiro atoms. The molecule has 0 aromatic carbocycles. The van der Waals surface area contributed by atoms with E-state index in [0.717, 1.165) is 19.0 Å². The Morgan fingerprint density at radius 3 is 2.92 bits per heavy atom. The number of hydrogen-bond donors (Lipinski definition) is 0. The van der Waals surface area contributed by atoms with Crippen LogP contribution < -0.4 is 0 Å². The van der Waals surface area contributed by atoms with Crippen molar-refractivity contribution in [2.75, 3.05) is 19.5 Å². The van der Waals surface area contributed by atoms with Crippen molar-refractivity contribution in [3.05, 3.63) is 22.4 Å². The normalized spacial score (nSPS) is 13.5. The highest BCUT2D eigenvalue weighted by Gasteiger charge is 2.05. The first kappa shape index (κ1) is 11.0. The highest BCUT2D eigenvalue weighted by atomic mass is 35.5. The van der Waals surface area contributed by atoms with Gasteiger partial charge in [0.1, 0.15) is 0 Å². The lowest BCUT2D eigenvalue weighted by Crippen LogP contribution is -2.24. The van der Waals surface area contributed by atoms with Gasteiger partial charge in [-0.3, -0.25) is 0 Å². The van der Waals surface area contributed by atoms with Crippen molar-refractivity contribution >= 4 is 22.9 Å². The first-order valence-corrected chi connectivity index (χ1v) is 5.95. The van der Waals surface area contributed by atoms with Gasteiger partial charge in [0.25, 0.3) is 0 Å². The molecular weight excluding hydrogens is 202 g/mol. The molecule has 0 fully saturated rings. The fraction of sp³-hybridized carbons (Fsp3) is 0.600. The number of alkyl halides is 1. The van der Waals surface area contributed by atoms with Gasteiger partial charge in [-0.25, -0.2) is 0 Å². The Hall–Kier alpha value is -0.0500. The Morgan fingerprint density at radius 2 is 2.38 bits per heavy atom. The van der Waals surface area contributed by atoms with E-state index in [-0.39, 0.29) is 0 Å². The second-order valence-corrected chi connectivity index (χ2v) is 4.68. The minimum atomic E-state index is 0.574. The van der Waals surface area contributed by atoms with Crippen molar-refractivity contribution in [2.24, 2.45) is 5.92 Å². The Kier molecular flexibility index (Phi) is 4.78. The molecule has 0 amide bonds. The molecule has 1 heterocycles. The average Bonchev–Trinajstić information content (AvgIpc) is 2.56.